The van der Waals surface area contributed by atoms with Crippen molar-refractivity contribution in [2.75, 3.05) is 0 Å². The van der Waals surface area contributed by atoms with Crippen molar-refractivity contribution in [2.45, 2.75) is 27.7 Å². The molecule has 66 valence electrons. The molecule has 0 aromatic carbocycles. The molecule has 0 atom stereocenters. The van der Waals surface area contributed by atoms with E-state index in [1.165, 1.54) is 0 Å². The van der Waals surface area contributed by atoms with Gasteiger partial charge in [0, 0.05) is 12.4 Å². The van der Waals surface area contributed by atoms with Crippen molar-refractivity contribution in [1.29, 1.82) is 0 Å². The lowest BCUT2D eigenvalue weighted by Gasteiger charge is -1.84. The molecule has 0 aliphatic rings. The van der Waals surface area contributed by atoms with Gasteiger partial charge < -0.3 is 0 Å². The van der Waals surface area contributed by atoms with Gasteiger partial charge in [-0.1, -0.05) is 26.0 Å². The fourth-order valence-corrected chi connectivity index (χ4v) is 0.804. The van der Waals surface area contributed by atoms with Crippen molar-refractivity contribution >= 4 is 12.2 Å². The third kappa shape index (κ3) is 2.82. The maximum atomic E-state index is 4.12. The Morgan fingerprint density at radius 3 is 1.50 bits per heavy atom. The molecule has 1 heterocycles. The number of hydrogen-bond acceptors (Lipinski definition) is 2. The predicted molar refractivity (Wildman–Crippen MR) is 52.9 cm³/mol. The van der Waals surface area contributed by atoms with E-state index in [0.29, 0.717) is 0 Å². The standard InChI is InChI=1S/C8H10N2.C2H6/c1-3-7-8(4-2)10-6-5-9-7;1-2/h3-6H,1-2H3;1-2H3/b7-3+,8-4+;. The Kier molecular flexibility index (Phi) is 5.88. The van der Waals surface area contributed by atoms with Gasteiger partial charge in [-0.2, -0.15) is 0 Å². The van der Waals surface area contributed by atoms with Crippen LogP contribution in [-0.4, -0.2) is 9.97 Å². The van der Waals surface area contributed by atoms with Crippen LogP contribution in [0.1, 0.15) is 27.7 Å². The molecule has 0 unspecified atom stereocenters. The molecule has 2 heteroatoms. The molecule has 1 aromatic rings. The van der Waals surface area contributed by atoms with E-state index in [0.717, 1.165) is 10.7 Å². The Hall–Kier alpha value is -1.18. The summed E-state index contributed by atoms with van der Waals surface area (Å²) in [7, 11) is 0. The van der Waals surface area contributed by atoms with Crippen LogP contribution in [0.4, 0.5) is 0 Å². The van der Waals surface area contributed by atoms with E-state index in [2.05, 4.69) is 9.97 Å². The van der Waals surface area contributed by atoms with Gasteiger partial charge in [-0.05, 0) is 13.8 Å². The Morgan fingerprint density at radius 1 is 0.917 bits per heavy atom. The summed E-state index contributed by atoms with van der Waals surface area (Å²) in [5, 5.41) is 1.90. The highest BCUT2D eigenvalue weighted by atomic mass is 14.7. The van der Waals surface area contributed by atoms with Gasteiger partial charge in [-0.3, -0.25) is 9.97 Å². The summed E-state index contributed by atoms with van der Waals surface area (Å²) in [5.74, 6) is 0. The molecule has 0 aliphatic carbocycles. The topological polar surface area (TPSA) is 25.8 Å². The lowest BCUT2D eigenvalue weighted by atomic mass is 10.4. The summed E-state index contributed by atoms with van der Waals surface area (Å²) < 4.78 is 0. The Bertz CT molecular complexity index is 282. The van der Waals surface area contributed by atoms with Crippen LogP contribution in [0.25, 0.3) is 12.2 Å². The maximum absolute atomic E-state index is 4.12. The average Bonchev–Trinajstić information content (AvgIpc) is 2.20. The lowest BCUT2D eigenvalue weighted by molar-refractivity contribution is 1.09. The second kappa shape index (κ2) is 6.53. The molecule has 12 heavy (non-hydrogen) atoms. The van der Waals surface area contributed by atoms with E-state index < -0.39 is 0 Å². The van der Waals surface area contributed by atoms with Gasteiger partial charge in [0.15, 0.2) is 0 Å². The molecule has 2 nitrogen and oxygen atoms in total. The van der Waals surface area contributed by atoms with Crippen LogP contribution in [0, 0.1) is 0 Å². The predicted octanol–water partition coefficient (Wildman–Crippen LogP) is 1.10. The summed E-state index contributed by atoms with van der Waals surface area (Å²) in [4.78, 5) is 8.24. The third-order valence-electron chi connectivity index (χ3n) is 1.30. The SMILES string of the molecule is C/C=c1/nccn/c1=C/C.CC. The fraction of sp³-hybridized carbons (Fsp3) is 0.400. The van der Waals surface area contributed by atoms with Gasteiger partial charge in [0.25, 0.3) is 0 Å². The lowest BCUT2D eigenvalue weighted by Crippen LogP contribution is -2.29. The van der Waals surface area contributed by atoms with Crippen LogP contribution in [-0.2, 0) is 0 Å². The smallest absolute Gasteiger partial charge is 0.0840 e. The van der Waals surface area contributed by atoms with Gasteiger partial charge in [0.2, 0.25) is 0 Å². The van der Waals surface area contributed by atoms with Crippen LogP contribution in [0.5, 0.6) is 0 Å². The van der Waals surface area contributed by atoms with Crippen molar-refractivity contribution in [3.63, 3.8) is 0 Å². The molecule has 0 fully saturated rings. The molecule has 0 radical (unpaired) electrons. The van der Waals surface area contributed by atoms with Crippen LogP contribution >= 0.6 is 0 Å². The monoisotopic (exact) mass is 164 g/mol. The van der Waals surface area contributed by atoms with Gasteiger partial charge in [-0.25, -0.2) is 0 Å². The zero-order valence-electron chi connectivity index (χ0n) is 8.20. The number of nitrogens with zero attached hydrogens (tertiary/aromatic N) is 2. The van der Waals surface area contributed by atoms with E-state index in [4.69, 9.17) is 0 Å². The van der Waals surface area contributed by atoms with Crippen molar-refractivity contribution < 1.29 is 0 Å². The van der Waals surface area contributed by atoms with Crippen molar-refractivity contribution in [1.82, 2.24) is 9.97 Å². The fourth-order valence-electron chi connectivity index (χ4n) is 0.804. The number of rotatable bonds is 0. The van der Waals surface area contributed by atoms with Crippen molar-refractivity contribution in [2.24, 2.45) is 0 Å². The van der Waals surface area contributed by atoms with Gasteiger partial charge in [-0.15, -0.1) is 0 Å². The second-order valence-corrected chi connectivity index (χ2v) is 1.90. The highest BCUT2D eigenvalue weighted by molar-refractivity contribution is 5.20. The molecule has 0 amide bonds. The second-order valence-electron chi connectivity index (χ2n) is 1.90. The number of aromatic nitrogens is 2. The van der Waals surface area contributed by atoms with Crippen LogP contribution in [0.15, 0.2) is 12.4 Å². The minimum absolute atomic E-state index is 0.949. The Labute approximate surface area is 73.7 Å². The molecule has 0 bridgehead atoms. The first kappa shape index (κ1) is 10.8. The molecule has 1 rings (SSSR count). The Balaban J connectivity index is 0.000000561. The van der Waals surface area contributed by atoms with Gasteiger partial charge >= 0.3 is 0 Å². The van der Waals surface area contributed by atoms with Gasteiger partial charge in [0.05, 0.1) is 10.7 Å². The molecule has 0 saturated heterocycles. The highest BCUT2D eigenvalue weighted by Crippen LogP contribution is 1.60. The molecule has 0 saturated carbocycles. The molecular weight excluding hydrogens is 148 g/mol. The van der Waals surface area contributed by atoms with Crippen LogP contribution in [0.2, 0.25) is 0 Å². The van der Waals surface area contributed by atoms with Gasteiger partial charge in [0.1, 0.15) is 0 Å². The summed E-state index contributed by atoms with van der Waals surface area (Å²) in [6.45, 7) is 7.91. The van der Waals surface area contributed by atoms with E-state index in [-0.39, 0.29) is 0 Å². The normalized spacial score (nSPS) is 12.3. The average molecular weight is 164 g/mol. The first-order valence-corrected chi connectivity index (χ1v) is 4.28. The molecule has 0 aliphatic heterocycles. The molecule has 0 spiro atoms. The Morgan fingerprint density at radius 2 is 1.25 bits per heavy atom. The van der Waals surface area contributed by atoms with E-state index in [1.54, 1.807) is 12.4 Å². The summed E-state index contributed by atoms with van der Waals surface area (Å²) in [6, 6.07) is 0. The van der Waals surface area contributed by atoms with Crippen LogP contribution in [0.3, 0.4) is 0 Å². The maximum Gasteiger partial charge on any atom is 0.0840 e. The highest BCUT2D eigenvalue weighted by Gasteiger charge is 1.79. The van der Waals surface area contributed by atoms with Crippen LogP contribution < -0.4 is 10.7 Å². The van der Waals surface area contributed by atoms with Crippen molar-refractivity contribution in [3.8, 4) is 0 Å². The quantitative estimate of drug-likeness (QED) is 0.574. The number of hydrogen-bond donors (Lipinski definition) is 0. The zero-order valence-corrected chi connectivity index (χ0v) is 8.20. The minimum atomic E-state index is 0.949. The summed E-state index contributed by atoms with van der Waals surface area (Å²) in [6.07, 6.45) is 7.29. The third-order valence-corrected chi connectivity index (χ3v) is 1.30. The molecule has 0 N–H and O–H groups in total. The minimum Gasteiger partial charge on any atom is -0.253 e. The largest absolute Gasteiger partial charge is 0.253 e. The summed E-state index contributed by atoms with van der Waals surface area (Å²) >= 11 is 0. The summed E-state index contributed by atoms with van der Waals surface area (Å²) in [5.41, 5.74) is 0. The van der Waals surface area contributed by atoms with E-state index in [1.807, 2.05) is 39.8 Å². The van der Waals surface area contributed by atoms with Crippen molar-refractivity contribution in [3.05, 3.63) is 23.1 Å². The molecule has 1 aromatic heterocycles. The zero-order chi connectivity index (χ0) is 9.40. The van der Waals surface area contributed by atoms with E-state index in [9.17, 15) is 0 Å². The van der Waals surface area contributed by atoms with E-state index >= 15 is 0 Å². The molecular formula is C10H16N2. The first-order chi connectivity index (χ1) is 5.88. The first-order valence-electron chi connectivity index (χ1n) is 4.28.